The van der Waals surface area contributed by atoms with Gasteiger partial charge in [-0.25, -0.2) is 4.68 Å². The molecule has 2 N–H and O–H groups in total. The van der Waals surface area contributed by atoms with Gasteiger partial charge in [-0.05, 0) is 84.6 Å². The summed E-state index contributed by atoms with van der Waals surface area (Å²) in [6.45, 7) is 3.02. The fourth-order valence-corrected chi connectivity index (χ4v) is 3.39. The van der Waals surface area contributed by atoms with Crippen molar-refractivity contribution in [3.63, 3.8) is 0 Å². The molecule has 2 aliphatic carbocycles. The summed E-state index contributed by atoms with van der Waals surface area (Å²) in [5.41, 5.74) is 8.83. The number of benzene rings is 1. The van der Waals surface area contributed by atoms with Crippen LogP contribution in [0.25, 0.3) is 11.4 Å². The van der Waals surface area contributed by atoms with Gasteiger partial charge in [0.05, 0.1) is 0 Å². The Morgan fingerprint density at radius 3 is 2.57 bits per heavy atom. The summed E-state index contributed by atoms with van der Waals surface area (Å²) in [7, 11) is 0. The van der Waals surface area contributed by atoms with Gasteiger partial charge in [0, 0.05) is 17.8 Å². The first kappa shape index (κ1) is 12.8. The molecule has 2 aliphatic rings. The first-order valence-corrected chi connectivity index (χ1v) is 7.85. The minimum absolute atomic E-state index is 0.765. The molecule has 2 aromatic rings. The van der Waals surface area contributed by atoms with E-state index >= 15 is 0 Å². The molecule has 110 valence electrons. The van der Waals surface area contributed by atoms with E-state index in [4.69, 9.17) is 5.73 Å². The van der Waals surface area contributed by atoms with Crippen LogP contribution in [0, 0.1) is 24.7 Å². The number of tetrazole rings is 1. The first-order chi connectivity index (χ1) is 10.2. The molecule has 1 aromatic heterocycles. The van der Waals surface area contributed by atoms with Crippen molar-refractivity contribution in [1.29, 1.82) is 0 Å². The van der Waals surface area contributed by atoms with Crippen LogP contribution in [0.3, 0.4) is 0 Å². The highest BCUT2D eigenvalue weighted by molar-refractivity contribution is 5.63. The van der Waals surface area contributed by atoms with Crippen LogP contribution in [-0.2, 0) is 6.54 Å². The Hall–Kier alpha value is -1.91. The highest BCUT2D eigenvalue weighted by atomic mass is 15.5. The molecule has 2 fully saturated rings. The zero-order valence-electron chi connectivity index (χ0n) is 12.4. The molecule has 0 amide bonds. The van der Waals surface area contributed by atoms with Gasteiger partial charge >= 0.3 is 0 Å². The fourth-order valence-electron chi connectivity index (χ4n) is 3.39. The first-order valence-electron chi connectivity index (χ1n) is 7.85. The predicted octanol–water partition coefficient (Wildman–Crippen LogP) is 2.67. The highest BCUT2D eigenvalue weighted by Gasteiger charge is 2.41. The Bertz CT molecular complexity index is 642. The van der Waals surface area contributed by atoms with Crippen LogP contribution in [0.1, 0.15) is 31.2 Å². The summed E-state index contributed by atoms with van der Waals surface area (Å²) in [5.74, 6) is 3.45. The lowest BCUT2D eigenvalue weighted by Crippen LogP contribution is -2.17. The maximum atomic E-state index is 5.84. The molecular formula is C16H21N5. The van der Waals surface area contributed by atoms with E-state index in [1.165, 1.54) is 25.7 Å². The van der Waals surface area contributed by atoms with E-state index in [-0.39, 0.29) is 0 Å². The predicted molar refractivity (Wildman–Crippen MR) is 81.3 cm³/mol. The monoisotopic (exact) mass is 283 g/mol. The van der Waals surface area contributed by atoms with Crippen molar-refractivity contribution in [2.24, 2.45) is 17.8 Å². The molecule has 2 saturated carbocycles. The van der Waals surface area contributed by atoms with Gasteiger partial charge in [-0.3, -0.25) is 0 Å². The molecule has 1 heterocycles. The molecule has 21 heavy (non-hydrogen) atoms. The van der Waals surface area contributed by atoms with Crippen LogP contribution in [0.2, 0.25) is 0 Å². The summed E-state index contributed by atoms with van der Waals surface area (Å²) in [4.78, 5) is 0. The van der Waals surface area contributed by atoms with E-state index in [0.29, 0.717) is 0 Å². The normalized spacial score (nSPS) is 18.4. The van der Waals surface area contributed by atoms with E-state index in [2.05, 4.69) is 22.4 Å². The number of aromatic nitrogens is 4. The van der Waals surface area contributed by atoms with Crippen LogP contribution >= 0.6 is 0 Å². The second-order valence-corrected chi connectivity index (χ2v) is 6.60. The lowest BCUT2D eigenvalue weighted by molar-refractivity contribution is 0.331. The van der Waals surface area contributed by atoms with Gasteiger partial charge in [0.25, 0.3) is 0 Å². The van der Waals surface area contributed by atoms with Gasteiger partial charge in [0.15, 0.2) is 5.82 Å². The van der Waals surface area contributed by atoms with Gasteiger partial charge in [0.2, 0.25) is 0 Å². The van der Waals surface area contributed by atoms with Crippen LogP contribution in [-0.4, -0.2) is 20.2 Å². The summed E-state index contributed by atoms with van der Waals surface area (Å²) in [6.07, 6.45) is 5.55. The largest absolute Gasteiger partial charge is 0.399 e. The number of nitrogen functional groups attached to an aromatic ring is 1. The number of rotatable bonds is 5. The average molecular weight is 283 g/mol. The SMILES string of the molecule is Cc1cc(N)ccc1-c1nnnn1CC(C1CC1)C1CC1. The number of aryl methyl sites for hydroxylation is 1. The Balaban J connectivity index is 1.63. The third-order valence-electron chi connectivity index (χ3n) is 4.86. The number of nitrogens with two attached hydrogens (primary N) is 1. The average Bonchev–Trinajstić information content (AvgIpc) is 3.36. The third kappa shape index (κ3) is 2.52. The van der Waals surface area contributed by atoms with Crippen molar-refractivity contribution in [2.75, 3.05) is 5.73 Å². The van der Waals surface area contributed by atoms with E-state index in [9.17, 15) is 0 Å². The lowest BCUT2D eigenvalue weighted by atomic mass is 9.98. The lowest BCUT2D eigenvalue weighted by Gasteiger charge is -2.16. The van der Waals surface area contributed by atoms with E-state index < -0.39 is 0 Å². The molecule has 4 rings (SSSR count). The minimum Gasteiger partial charge on any atom is -0.399 e. The van der Waals surface area contributed by atoms with Crippen molar-refractivity contribution in [3.05, 3.63) is 23.8 Å². The Labute approximate surface area is 124 Å². The molecule has 0 aliphatic heterocycles. The highest BCUT2D eigenvalue weighted by Crippen LogP contribution is 2.50. The van der Waals surface area contributed by atoms with Gasteiger partial charge in [0.1, 0.15) is 0 Å². The molecule has 0 saturated heterocycles. The number of nitrogens with zero attached hydrogens (tertiary/aromatic N) is 4. The van der Waals surface area contributed by atoms with Crippen molar-refractivity contribution in [3.8, 4) is 11.4 Å². The number of anilines is 1. The zero-order chi connectivity index (χ0) is 14.4. The molecular weight excluding hydrogens is 262 g/mol. The van der Waals surface area contributed by atoms with Crippen molar-refractivity contribution >= 4 is 5.69 Å². The van der Waals surface area contributed by atoms with Crippen molar-refractivity contribution in [2.45, 2.75) is 39.2 Å². The van der Waals surface area contributed by atoms with E-state index in [1.807, 2.05) is 22.9 Å². The maximum absolute atomic E-state index is 5.84. The van der Waals surface area contributed by atoms with Gasteiger partial charge in [-0.15, -0.1) is 5.10 Å². The Morgan fingerprint density at radius 2 is 1.95 bits per heavy atom. The smallest absolute Gasteiger partial charge is 0.182 e. The van der Waals surface area contributed by atoms with Crippen LogP contribution < -0.4 is 5.73 Å². The summed E-state index contributed by atoms with van der Waals surface area (Å²) < 4.78 is 2.00. The van der Waals surface area contributed by atoms with Crippen molar-refractivity contribution in [1.82, 2.24) is 20.2 Å². The van der Waals surface area contributed by atoms with E-state index in [1.54, 1.807) is 0 Å². The molecule has 0 radical (unpaired) electrons. The van der Waals surface area contributed by atoms with Gasteiger partial charge < -0.3 is 5.73 Å². The van der Waals surface area contributed by atoms with Crippen LogP contribution in [0.15, 0.2) is 18.2 Å². The minimum atomic E-state index is 0.765. The molecule has 0 atom stereocenters. The van der Waals surface area contributed by atoms with Crippen LogP contribution in [0.4, 0.5) is 5.69 Å². The Morgan fingerprint density at radius 1 is 1.24 bits per heavy atom. The van der Waals surface area contributed by atoms with Gasteiger partial charge in [-0.2, -0.15) is 0 Å². The standard InChI is InChI=1S/C16H21N5/c1-10-8-13(17)6-7-14(10)16-18-19-20-21(16)9-15(11-2-3-11)12-4-5-12/h6-8,11-12,15H,2-5,9,17H2,1H3. The maximum Gasteiger partial charge on any atom is 0.182 e. The van der Waals surface area contributed by atoms with Crippen LogP contribution in [0.5, 0.6) is 0 Å². The second-order valence-electron chi connectivity index (χ2n) is 6.60. The number of hydrogen-bond donors (Lipinski definition) is 1. The van der Waals surface area contributed by atoms with Crippen molar-refractivity contribution < 1.29 is 0 Å². The third-order valence-corrected chi connectivity index (χ3v) is 4.86. The molecule has 5 heteroatoms. The fraction of sp³-hybridized carbons (Fsp3) is 0.562. The molecule has 1 aromatic carbocycles. The Kier molecular flexibility index (Phi) is 2.94. The second kappa shape index (κ2) is 4.83. The molecule has 5 nitrogen and oxygen atoms in total. The van der Waals surface area contributed by atoms with Gasteiger partial charge in [-0.1, -0.05) is 0 Å². The molecule has 0 unspecified atom stereocenters. The number of hydrogen-bond acceptors (Lipinski definition) is 4. The summed E-state index contributed by atoms with van der Waals surface area (Å²) >= 11 is 0. The van der Waals surface area contributed by atoms with E-state index in [0.717, 1.165) is 46.9 Å². The topological polar surface area (TPSA) is 69.6 Å². The molecule has 0 spiro atoms. The summed E-state index contributed by atoms with van der Waals surface area (Å²) in [5, 5.41) is 12.4. The quantitative estimate of drug-likeness (QED) is 0.856. The summed E-state index contributed by atoms with van der Waals surface area (Å²) in [6, 6.07) is 5.92. The molecule has 0 bridgehead atoms. The zero-order valence-corrected chi connectivity index (χ0v) is 12.4.